The van der Waals surface area contributed by atoms with Gasteiger partial charge in [-0.2, -0.15) is 0 Å². The fourth-order valence-electron chi connectivity index (χ4n) is 0.910. The van der Waals surface area contributed by atoms with Crippen LogP contribution in [0, 0.1) is 0 Å². The third-order valence-electron chi connectivity index (χ3n) is 1.38. The van der Waals surface area contributed by atoms with Gasteiger partial charge in [0.25, 0.3) is 0 Å². The fourth-order valence-corrected chi connectivity index (χ4v) is 0.910. The molecular formula is C8H7FN2. The summed E-state index contributed by atoms with van der Waals surface area (Å²) < 4.78 is 0. The first-order valence-corrected chi connectivity index (χ1v) is 3.12. The molecule has 0 fully saturated rings. The van der Waals surface area contributed by atoms with E-state index >= 15 is 0 Å². The first-order valence-electron chi connectivity index (χ1n) is 3.12. The maximum absolute atomic E-state index is 4.12. The Morgan fingerprint density at radius 3 is 1.73 bits per heavy atom. The predicted octanol–water partition coefficient (Wildman–Crippen LogP) is 1.78. The molecule has 0 aliphatic rings. The molecule has 0 amide bonds. The summed E-state index contributed by atoms with van der Waals surface area (Å²) in [5.74, 6) is 0. The van der Waals surface area contributed by atoms with Gasteiger partial charge in [-0.05, 0) is 12.1 Å². The van der Waals surface area contributed by atoms with Gasteiger partial charge in [0.15, 0.2) is 0 Å². The number of para-hydroxylation sites is 2. The molecule has 0 spiro atoms. The highest BCUT2D eigenvalue weighted by molar-refractivity contribution is 5.72. The topological polar surface area (TPSA) is 25.8 Å². The first kappa shape index (κ1) is 7.60. The van der Waals surface area contributed by atoms with Crippen LogP contribution in [0.2, 0.25) is 0 Å². The molecule has 3 heteroatoms. The quantitative estimate of drug-likeness (QED) is 0.572. The van der Waals surface area contributed by atoms with Crippen LogP contribution in [-0.4, -0.2) is 9.97 Å². The Kier molecular flexibility index (Phi) is 2.11. The van der Waals surface area contributed by atoms with E-state index in [-0.39, 0.29) is 4.70 Å². The van der Waals surface area contributed by atoms with Crippen LogP contribution in [0.3, 0.4) is 0 Å². The summed E-state index contributed by atoms with van der Waals surface area (Å²) in [6.45, 7) is 0. The molecule has 11 heavy (non-hydrogen) atoms. The molecule has 0 unspecified atom stereocenters. The Hall–Kier alpha value is -1.51. The van der Waals surface area contributed by atoms with E-state index < -0.39 is 0 Å². The van der Waals surface area contributed by atoms with Crippen molar-refractivity contribution in [3.63, 3.8) is 0 Å². The predicted molar refractivity (Wildman–Crippen MR) is 42.0 cm³/mol. The lowest BCUT2D eigenvalue weighted by molar-refractivity contribution is 1.11. The lowest BCUT2D eigenvalue weighted by atomic mass is 10.3. The minimum absolute atomic E-state index is 0. The molecule has 0 aliphatic heterocycles. The maximum Gasteiger partial charge on any atom is 0.0886 e. The standard InChI is InChI=1S/C8H6N2.FH/c1-2-4-8-7(3-1)9-5-6-10-8;/h1-6H;1H. The summed E-state index contributed by atoms with van der Waals surface area (Å²) in [6.07, 6.45) is 3.39. The molecule has 56 valence electrons. The number of hydrogen-bond donors (Lipinski definition) is 0. The average Bonchev–Trinajstić information content (AvgIpc) is 2.05. The third-order valence-corrected chi connectivity index (χ3v) is 1.38. The molecule has 0 atom stereocenters. The van der Waals surface area contributed by atoms with Crippen LogP contribution >= 0.6 is 0 Å². The van der Waals surface area contributed by atoms with Gasteiger partial charge in [0.05, 0.1) is 11.0 Å². The lowest BCUT2D eigenvalue weighted by Crippen LogP contribution is -1.78. The van der Waals surface area contributed by atoms with Crippen molar-refractivity contribution >= 4 is 11.0 Å². The molecular weight excluding hydrogens is 143 g/mol. The van der Waals surface area contributed by atoms with Crippen LogP contribution in [0.25, 0.3) is 11.0 Å². The van der Waals surface area contributed by atoms with Crippen LogP contribution in [0.15, 0.2) is 36.7 Å². The Bertz CT molecular complexity index is 283. The highest BCUT2D eigenvalue weighted by Gasteiger charge is 1.88. The number of hydrogen-bond acceptors (Lipinski definition) is 2. The largest absolute Gasteiger partial charge is 0.269 e. The SMILES string of the molecule is F.c1ccc2nccnc2c1. The van der Waals surface area contributed by atoms with Crippen molar-refractivity contribution < 1.29 is 4.70 Å². The van der Waals surface area contributed by atoms with Crippen molar-refractivity contribution in [1.29, 1.82) is 0 Å². The van der Waals surface area contributed by atoms with Gasteiger partial charge in [0, 0.05) is 12.4 Å². The number of nitrogens with zero attached hydrogens (tertiary/aromatic N) is 2. The van der Waals surface area contributed by atoms with Gasteiger partial charge in [-0.15, -0.1) is 0 Å². The van der Waals surface area contributed by atoms with Crippen LogP contribution in [0.4, 0.5) is 4.70 Å². The van der Waals surface area contributed by atoms with Gasteiger partial charge in [-0.1, -0.05) is 12.1 Å². The van der Waals surface area contributed by atoms with E-state index in [2.05, 4.69) is 9.97 Å². The number of rotatable bonds is 0. The molecule has 2 rings (SSSR count). The van der Waals surface area contributed by atoms with Crippen LogP contribution in [0.5, 0.6) is 0 Å². The second kappa shape index (κ2) is 3.05. The van der Waals surface area contributed by atoms with E-state index in [1.165, 1.54) is 0 Å². The highest BCUT2D eigenvalue weighted by atomic mass is 19.0. The zero-order chi connectivity index (χ0) is 6.81. The molecule has 1 aromatic carbocycles. The molecule has 0 radical (unpaired) electrons. The van der Waals surface area contributed by atoms with E-state index in [4.69, 9.17) is 0 Å². The van der Waals surface area contributed by atoms with Gasteiger partial charge in [-0.25, -0.2) is 0 Å². The molecule has 0 saturated carbocycles. The minimum Gasteiger partial charge on any atom is -0.269 e. The third kappa shape index (κ3) is 1.32. The van der Waals surface area contributed by atoms with Crippen LogP contribution in [-0.2, 0) is 0 Å². The summed E-state index contributed by atoms with van der Waals surface area (Å²) in [5, 5.41) is 0. The monoisotopic (exact) mass is 150 g/mol. The molecule has 2 nitrogen and oxygen atoms in total. The van der Waals surface area contributed by atoms with Gasteiger partial charge < -0.3 is 0 Å². The van der Waals surface area contributed by atoms with Crippen LogP contribution in [0.1, 0.15) is 0 Å². The Morgan fingerprint density at radius 1 is 0.818 bits per heavy atom. The van der Waals surface area contributed by atoms with E-state index in [1.54, 1.807) is 12.4 Å². The van der Waals surface area contributed by atoms with Gasteiger partial charge in [-0.3, -0.25) is 14.7 Å². The molecule has 0 bridgehead atoms. The number of fused-ring (bicyclic) bond motifs is 1. The molecule has 1 heterocycles. The number of halogens is 1. The first-order chi connectivity index (χ1) is 4.97. The summed E-state index contributed by atoms with van der Waals surface area (Å²) in [6, 6.07) is 7.80. The molecule has 0 N–H and O–H groups in total. The normalized spacial score (nSPS) is 9.09. The van der Waals surface area contributed by atoms with E-state index in [1.807, 2.05) is 24.3 Å². The minimum atomic E-state index is 0. The number of aromatic nitrogens is 2. The van der Waals surface area contributed by atoms with E-state index in [0.29, 0.717) is 0 Å². The lowest BCUT2D eigenvalue weighted by Gasteiger charge is -1.90. The highest BCUT2D eigenvalue weighted by Crippen LogP contribution is 2.04. The molecule has 0 aliphatic carbocycles. The van der Waals surface area contributed by atoms with Gasteiger partial charge >= 0.3 is 0 Å². The van der Waals surface area contributed by atoms with Gasteiger partial charge in [0.1, 0.15) is 0 Å². The Morgan fingerprint density at radius 2 is 1.27 bits per heavy atom. The molecule has 1 aromatic heterocycles. The summed E-state index contributed by atoms with van der Waals surface area (Å²) in [5.41, 5.74) is 1.90. The second-order valence-electron chi connectivity index (χ2n) is 2.05. The van der Waals surface area contributed by atoms with Crippen molar-refractivity contribution in [2.75, 3.05) is 0 Å². The zero-order valence-electron chi connectivity index (χ0n) is 5.77. The van der Waals surface area contributed by atoms with Crippen LogP contribution < -0.4 is 0 Å². The Labute approximate surface area is 63.3 Å². The number of benzene rings is 1. The zero-order valence-corrected chi connectivity index (χ0v) is 5.77. The average molecular weight is 150 g/mol. The molecule has 0 saturated heterocycles. The summed E-state index contributed by atoms with van der Waals surface area (Å²) in [7, 11) is 0. The van der Waals surface area contributed by atoms with Crippen molar-refractivity contribution in [2.24, 2.45) is 0 Å². The van der Waals surface area contributed by atoms with E-state index in [9.17, 15) is 0 Å². The van der Waals surface area contributed by atoms with Crippen molar-refractivity contribution in [3.8, 4) is 0 Å². The second-order valence-corrected chi connectivity index (χ2v) is 2.05. The fraction of sp³-hybridized carbons (Fsp3) is 0. The Balaban J connectivity index is 0.000000605. The van der Waals surface area contributed by atoms with Gasteiger partial charge in [0.2, 0.25) is 0 Å². The maximum atomic E-state index is 4.12. The molecule has 2 aromatic rings. The summed E-state index contributed by atoms with van der Waals surface area (Å²) in [4.78, 5) is 8.24. The summed E-state index contributed by atoms with van der Waals surface area (Å²) >= 11 is 0. The smallest absolute Gasteiger partial charge is 0.0886 e. The van der Waals surface area contributed by atoms with Crippen molar-refractivity contribution in [1.82, 2.24) is 9.97 Å². The van der Waals surface area contributed by atoms with Crippen molar-refractivity contribution in [3.05, 3.63) is 36.7 Å². The van der Waals surface area contributed by atoms with Crippen molar-refractivity contribution in [2.45, 2.75) is 0 Å². The van der Waals surface area contributed by atoms with E-state index in [0.717, 1.165) is 11.0 Å².